The lowest BCUT2D eigenvalue weighted by molar-refractivity contribution is -0.385. The van der Waals surface area contributed by atoms with Gasteiger partial charge in [-0.3, -0.25) is 15.1 Å². The van der Waals surface area contributed by atoms with Gasteiger partial charge in [-0.05, 0) is 30.2 Å². The highest BCUT2D eigenvalue weighted by molar-refractivity contribution is 6.17. The highest BCUT2D eigenvalue weighted by Crippen LogP contribution is 2.32. The van der Waals surface area contributed by atoms with E-state index in [1.54, 1.807) is 31.3 Å². The monoisotopic (exact) mass is 278 g/mol. The second-order valence-corrected chi connectivity index (χ2v) is 4.26. The number of rotatable bonds is 4. The number of hydrogen-bond acceptors (Lipinski definition) is 4. The van der Waals surface area contributed by atoms with Crippen LogP contribution in [0, 0.1) is 17.0 Å². The van der Waals surface area contributed by atoms with Gasteiger partial charge in [-0.25, -0.2) is 0 Å². The Morgan fingerprint density at radius 1 is 1.37 bits per heavy atom. The largest absolute Gasteiger partial charge is 0.448 e. The topological polar surface area (TPSA) is 65.3 Å². The van der Waals surface area contributed by atoms with Crippen LogP contribution in [0.1, 0.15) is 11.1 Å². The smallest absolute Gasteiger partial charge is 0.311 e. The van der Waals surface area contributed by atoms with Gasteiger partial charge in [0.15, 0.2) is 0 Å². The fourth-order valence-electron chi connectivity index (χ4n) is 1.58. The molecular formula is C13H11ClN2O3. The molecule has 2 aromatic rings. The maximum Gasteiger partial charge on any atom is 0.311 e. The maximum atomic E-state index is 11.0. The highest BCUT2D eigenvalue weighted by Gasteiger charge is 2.16. The van der Waals surface area contributed by atoms with Crippen LogP contribution in [0.2, 0.25) is 0 Å². The molecule has 98 valence electrons. The van der Waals surface area contributed by atoms with Gasteiger partial charge >= 0.3 is 5.69 Å². The van der Waals surface area contributed by atoms with Gasteiger partial charge in [0.1, 0.15) is 5.75 Å². The number of aromatic nitrogens is 1. The average molecular weight is 279 g/mol. The molecule has 5 nitrogen and oxygen atoms in total. The normalized spacial score (nSPS) is 10.2. The van der Waals surface area contributed by atoms with Crippen molar-refractivity contribution in [2.45, 2.75) is 12.8 Å². The molecule has 1 aromatic heterocycles. The summed E-state index contributed by atoms with van der Waals surface area (Å²) in [5.74, 6) is 0.912. The molecule has 0 fully saturated rings. The Labute approximate surface area is 115 Å². The minimum atomic E-state index is -0.471. The lowest BCUT2D eigenvalue weighted by Crippen LogP contribution is -1.95. The summed E-state index contributed by atoms with van der Waals surface area (Å²) in [7, 11) is 0. The van der Waals surface area contributed by atoms with Gasteiger partial charge in [0.25, 0.3) is 0 Å². The van der Waals surface area contributed by atoms with E-state index >= 15 is 0 Å². The Morgan fingerprint density at radius 2 is 2.16 bits per heavy atom. The van der Waals surface area contributed by atoms with Crippen molar-refractivity contribution in [1.82, 2.24) is 4.98 Å². The summed E-state index contributed by atoms with van der Waals surface area (Å²) in [5.41, 5.74) is 1.51. The molecule has 0 atom stereocenters. The second-order valence-electron chi connectivity index (χ2n) is 3.99. The fraction of sp³-hybridized carbons (Fsp3) is 0.154. The molecule has 0 radical (unpaired) electrons. The molecule has 1 aromatic carbocycles. The molecule has 19 heavy (non-hydrogen) atoms. The predicted octanol–water partition coefficient (Wildman–Crippen LogP) is 3.83. The third kappa shape index (κ3) is 3.20. The van der Waals surface area contributed by atoms with Crippen LogP contribution in [0.4, 0.5) is 5.69 Å². The Kier molecular flexibility index (Phi) is 3.97. The number of nitrogens with zero attached hydrogens (tertiary/aromatic N) is 2. The van der Waals surface area contributed by atoms with Crippen molar-refractivity contribution in [3.63, 3.8) is 0 Å². The Bertz CT molecular complexity index is 617. The molecule has 0 unspecified atom stereocenters. The van der Waals surface area contributed by atoms with Crippen molar-refractivity contribution >= 4 is 17.3 Å². The van der Waals surface area contributed by atoms with Crippen molar-refractivity contribution < 1.29 is 9.66 Å². The molecule has 0 amide bonds. The maximum absolute atomic E-state index is 11.0. The number of halogens is 1. The standard InChI is InChI=1S/C13H11ClN2O3/c1-9-2-3-13(12(4-9)16(17)18)19-11-5-10(6-14)7-15-8-11/h2-5,7-8H,6H2,1H3. The zero-order chi connectivity index (χ0) is 13.8. The summed E-state index contributed by atoms with van der Waals surface area (Å²) in [5, 5.41) is 11.0. The summed E-state index contributed by atoms with van der Waals surface area (Å²) in [6.45, 7) is 1.78. The number of aryl methyl sites for hydroxylation is 1. The molecule has 0 saturated carbocycles. The average Bonchev–Trinajstić information content (AvgIpc) is 2.41. The lowest BCUT2D eigenvalue weighted by Gasteiger charge is -2.07. The molecule has 0 N–H and O–H groups in total. The first-order chi connectivity index (χ1) is 9.10. The van der Waals surface area contributed by atoms with Gasteiger partial charge in [0, 0.05) is 18.1 Å². The van der Waals surface area contributed by atoms with Crippen molar-refractivity contribution in [1.29, 1.82) is 0 Å². The number of hydrogen-bond donors (Lipinski definition) is 0. The van der Waals surface area contributed by atoms with Crippen molar-refractivity contribution in [2.24, 2.45) is 0 Å². The summed E-state index contributed by atoms with van der Waals surface area (Å²) < 4.78 is 5.51. The van der Waals surface area contributed by atoms with E-state index in [0.29, 0.717) is 11.6 Å². The Morgan fingerprint density at radius 3 is 2.84 bits per heavy atom. The van der Waals surface area contributed by atoms with Crippen LogP contribution in [-0.4, -0.2) is 9.91 Å². The van der Waals surface area contributed by atoms with Crippen molar-refractivity contribution in [2.75, 3.05) is 0 Å². The highest BCUT2D eigenvalue weighted by atomic mass is 35.5. The zero-order valence-electron chi connectivity index (χ0n) is 10.2. The first-order valence-electron chi connectivity index (χ1n) is 5.53. The quantitative estimate of drug-likeness (QED) is 0.484. The fourth-order valence-corrected chi connectivity index (χ4v) is 1.72. The number of benzene rings is 1. The molecule has 0 spiro atoms. The molecule has 0 saturated heterocycles. The third-order valence-corrected chi connectivity index (χ3v) is 2.77. The minimum Gasteiger partial charge on any atom is -0.448 e. The van der Waals surface area contributed by atoms with Gasteiger partial charge < -0.3 is 4.74 Å². The first-order valence-corrected chi connectivity index (χ1v) is 6.06. The third-order valence-electron chi connectivity index (χ3n) is 2.46. The van der Waals surface area contributed by atoms with Crippen LogP contribution >= 0.6 is 11.6 Å². The van der Waals surface area contributed by atoms with E-state index in [-0.39, 0.29) is 11.4 Å². The molecule has 2 rings (SSSR count). The molecule has 6 heteroatoms. The number of nitro groups is 1. The number of nitro benzene ring substituents is 1. The van der Waals surface area contributed by atoms with E-state index in [1.807, 2.05) is 0 Å². The van der Waals surface area contributed by atoms with Crippen LogP contribution in [0.25, 0.3) is 0 Å². The van der Waals surface area contributed by atoms with Crippen LogP contribution in [0.5, 0.6) is 11.5 Å². The second kappa shape index (κ2) is 5.67. The van der Waals surface area contributed by atoms with E-state index in [4.69, 9.17) is 16.3 Å². The minimum absolute atomic E-state index is 0.0729. The van der Waals surface area contributed by atoms with Crippen LogP contribution in [0.3, 0.4) is 0 Å². The van der Waals surface area contributed by atoms with Crippen LogP contribution in [-0.2, 0) is 5.88 Å². The first kappa shape index (κ1) is 13.3. The van der Waals surface area contributed by atoms with E-state index in [0.717, 1.165) is 11.1 Å². The summed E-state index contributed by atoms with van der Waals surface area (Å²) in [4.78, 5) is 14.5. The molecule has 0 aliphatic carbocycles. The van der Waals surface area contributed by atoms with Gasteiger partial charge in [0.2, 0.25) is 5.75 Å². The summed E-state index contributed by atoms with van der Waals surface area (Å²) in [6, 6.07) is 6.49. The SMILES string of the molecule is Cc1ccc(Oc2cncc(CCl)c2)c([N+](=O)[O-])c1. The van der Waals surface area contributed by atoms with E-state index in [9.17, 15) is 10.1 Å². The lowest BCUT2D eigenvalue weighted by atomic mass is 10.2. The van der Waals surface area contributed by atoms with Crippen LogP contribution in [0.15, 0.2) is 36.7 Å². The van der Waals surface area contributed by atoms with Gasteiger partial charge in [-0.15, -0.1) is 11.6 Å². The molecule has 0 bridgehead atoms. The Hall–Kier alpha value is -2.14. The van der Waals surface area contributed by atoms with E-state index in [1.165, 1.54) is 12.3 Å². The number of alkyl halides is 1. The number of pyridine rings is 1. The zero-order valence-corrected chi connectivity index (χ0v) is 10.9. The summed E-state index contributed by atoms with van der Waals surface area (Å²) in [6.07, 6.45) is 3.10. The van der Waals surface area contributed by atoms with E-state index in [2.05, 4.69) is 4.98 Å². The molecule has 1 heterocycles. The summed E-state index contributed by atoms with van der Waals surface area (Å²) >= 11 is 5.70. The van der Waals surface area contributed by atoms with E-state index < -0.39 is 4.92 Å². The van der Waals surface area contributed by atoms with Crippen molar-refractivity contribution in [3.8, 4) is 11.5 Å². The van der Waals surface area contributed by atoms with Gasteiger partial charge in [-0.1, -0.05) is 6.07 Å². The molecule has 0 aliphatic rings. The molecular weight excluding hydrogens is 268 g/mol. The Balaban J connectivity index is 2.34. The van der Waals surface area contributed by atoms with Crippen molar-refractivity contribution in [3.05, 3.63) is 57.9 Å². The van der Waals surface area contributed by atoms with Gasteiger partial charge in [0.05, 0.1) is 11.1 Å². The predicted molar refractivity (Wildman–Crippen MR) is 71.7 cm³/mol. The van der Waals surface area contributed by atoms with Gasteiger partial charge in [-0.2, -0.15) is 0 Å². The molecule has 0 aliphatic heterocycles. The van der Waals surface area contributed by atoms with Crippen LogP contribution < -0.4 is 4.74 Å². The number of ether oxygens (including phenoxy) is 1.